The summed E-state index contributed by atoms with van der Waals surface area (Å²) in [5.41, 5.74) is 0. The Bertz CT molecular complexity index is 414. The van der Waals surface area contributed by atoms with Crippen LogP contribution in [-0.4, -0.2) is 80.4 Å². The molecule has 0 aromatic carbocycles. The van der Waals surface area contributed by atoms with E-state index in [4.69, 9.17) is 4.74 Å². The summed E-state index contributed by atoms with van der Waals surface area (Å²) in [4.78, 5) is 2.33. The zero-order valence-corrected chi connectivity index (χ0v) is 14.6. The maximum Gasteiger partial charge on any atom is 0.182 e. The molecule has 0 aliphatic carbocycles. The molecule has 8 nitrogen and oxygen atoms in total. The molecule has 1 heterocycles. The van der Waals surface area contributed by atoms with Gasteiger partial charge in [0.15, 0.2) is 10.3 Å². The molecule has 0 unspecified atom stereocenters. The van der Waals surface area contributed by atoms with Crippen LogP contribution in [0.4, 0.5) is 0 Å². The van der Waals surface area contributed by atoms with Gasteiger partial charge in [0.1, 0.15) is 0 Å². The number of ether oxygens (including phenoxy) is 1. The zero-order chi connectivity index (χ0) is 16.0. The van der Waals surface area contributed by atoms with Gasteiger partial charge in [0.05, 0.1) is 25.6 Å². The van der Waals surface area contributed by atoms with Crippen molar-refractivity contribution in [1.82, 2.24) is 15.5 Å². The Labute approximate surface area is 141 Å². The van der Waals surface area contributed by atoms with E-state index in [1.807, 2.05) is 6.26 Å². The van der Waals surface area contributed by atoms with Crippen LogP contribution in [0.2, 0.25) is 0 Å². The van der Waals surface area contributed by atoms with Gasteiger partial charge in [-0.15, -0.1) is 22.8 Å². The number of morpholine rings is 1. The van der Waals surface area contributed by atoms with Crippen molar-refractivity contribution in [2.45, 2.75) is 0 Å². The number of thioether (sulfide) groups is 1. The molecule has 1 aliphatic rings. The summed E-state index contributed by atoms with van der Waals surface area (Å²) < 4.78 is 5.29. The topological polar surface area (TPSA) is 86.0 Å². The summed E-state index contributed by atoms with van der Waals surface area (Å²) in [7, 11) is 1.79. The molecule has 0 saturated carbocycles. The fourth-order valence-corrected chi connectivity index (χ4v) is 2.11. The molecular formula is C12H23N7OS2. The fraction of sp³-hybridized carbons (Fsp3) is 0.667. The molecule has 1 aliphatic heterocycles. The smallest absolute Gasteiger partial charge is 0.182 e. The number of amidine groups is 2. The van der Waals surface area contributed by atoms with Crippen LogP contribution >= 0.6 is 24.4 Å². The Balaban J connectivity index is 2.19. The van der Waals surface area contributed by atoms with E-state index in [0.29, 0.717) is 5.17 Å². The monoisotopic (exact) mass is 345 g/mol. The van der Waals surface area contributed by atoms with Crippen LogP contribution in [0.15, 0.2) is 20.4 Å². The third kappa shape index (κ3) is 9.03. The lowest BCUT2D eigenvalue weighted by Gasteiger charge is -2.26. The minimum atomic E-state index is 0.474. The van der Waals surface area contributed by atoms with E-state index in [1.54, 1.807) is 7.05 Å². The molecule has 2 N–H and O–H groups in total. The first-order valence-electron chi connectivity index (χ1n) is 6.91. The zero-order valence-electron chi connectivity index (χ0n) is 12.9. The van der Waals surface area contributed by atoms with E-state index in [1.165, 1.54) is 24.2 Å². The number of rotatable bonds is 6. The van der Waals surface area contributed by atoms with Gasteiger partial charge < -0.3 is 15.4 Å². The van der Waals surface area contributed by atoms with Crippen LogP contribution in [0.1, 0.15) is 0 Å². The number of nitrogens with one attached hydrogen (secondary N) is 2. The Hall–Kier alpha value is -1.10. The van der Waals surface area contributed by atoms with Gasteiger partial charge in [-0.2, -0.15) is 10.2 Å². The van der Waals surface area contributed by atoms with Crippen LogP contribution in [-0.2, 0) is 4.74 Å². The van der Waals surface area contributed by atoms with Crippen molar-refractivity contribution in [1.29, 1.82) is 0 Å². The average molecular weight is 345 g/mol. The van der Waals surface area contributed by atoms with Crippen molar-refractivity contribution in [3.63, 3.8) is 0 Å². The van der Waals surface area contributed by atoms with E-state index in [-0.39, 0.29) is 0 Å². The molecule has 0 spiro atoms. The van der Waals surface area contributed by atoms with E-state index in [9.17, 15) is 0 Å². The summed E-state index contributed by atoms with van der Waals surface area (Å²) in [6, 6.07) is 0. The number of nitrogens with zero attached hydrogens (tertiary/aromatic N) is 5. The minimum Gasteiger partial charge on any atom is -0.379 e. The van der Waals surface area contributed by atoms with Gasteiger partial charge in [-0.3, -0.25) is 4.90 Å². The molecule has 0 aromatic heterocycles. The summed E-state index contributed by atoms with van der Waals surface area (Å²) in [6.07, 6.45) is 4.84. The van der Waals surface area contributed by atoms with Crippen molar-refractivity contribution >= 4 is 47.2 Å². The van der Waals surface area contributed by atoms with Gasteiger partial charge >= 0.3 is 0 Å². The predicted molar refractivity (Wildman–Crippen MR) is 98.7 cm³/mol. The molecular weight excluding hydrogens is 322 g/mol. The van der Waals surface area contributed by atoms with Crippen LogP contribution in [0.25, 0.3) is 0 Å². The highest BCUT2D eigenvalue weighted by molar-refractivity contribution is 8.13. The first-order chi connectivity index (χ1) is 10.8. The van der Waals surface area contributed by atoms with Crippen molar-refractivity contribution in [2.75, 3.05) is 52.7 Å². The maximum absolute atomic E-state index is 5.29. The average Bonchev–Trinajstić information content (AvgIpc) is 2.55. The largest absolute Gasteiger partial charge is 0.379 e. The van der Waals surface area contributed by atoms with E-state index >= 15 is 0 Å². The Morgan fingerprint density at radius 3 is 2.59 bits per heavy atom. The number of thiol groups is 1. The highest BCUT2D eigenvalue weighted by Gasteiger charge is 2.08. The third-order valence-corrected chi connectivity index (χ3v) is 3.64. The second-order valence-corrected chi connectivity index (χ2v) is 5.41. The maximum atomic E-state index is 5.29. The van der Waals surface area contributed by atoms with E-state index in [2.05, 4.69) is 48.6 Å². The molecule has 1 fully saturated rings. The SMILES string of the molecule is CN/C(=N/N=C/C=N/N=C(\S)NCCN1CCOCC1)SC. The van der Waals surface area contributed by atoms with Gasteiger partial charge in [0, 0.05) is 33.2 Å². The summed E-state index contributed by atoms with van der Waals surface area (Å²) in [6.45, 7) is 5.26. The highest BCUT2D eigenvalue weighted by Crippen LogP contribution is 1.95. The van der Waals surface area contributed by atoms with Crippen molar-refractivity contribution < 1.29 is 4.74 Å². The quantitative estimate of drug-likeness (QED) is 0.275. The van der Waals surface area contributed by atoms with Crippen LogP contribution in [0.3, 0.4) is 0 Å². The molecule has 22 heavy (non-hydrogen) atoms. The fourth-order valence-electron chi connectivity index (χ4n) is 1.61. The first-order valence-corrected chi connectivity index (χ1v) is 8.58. The van der Waals surface area contributed by atoms with E-state index in [0.717, 1.165) is 44.6 Å². The lowest BCUT2D eigenvalue weighted by molar-refractivity contribution is 0.0389. The predicted octanol–water partition coefficient (Wildman–Crippen LogP) is 0.104. The molecule has 0 radical (unpaired) electrons. The molecule has 0 amide bonds. The van der Waals surface area contributed by atoms with Crippen molar-refractivity contribution in [2.24, 2.45) is 20.4 Å². The summed E-state index contributed by atoms with van der Waals surface area (Å²) >= 11 is 5.69. The minimum absolute atomic E-state index is 0.474. The molecule has 10 heteroatoms. The Kier molecular flexibility index (Phi) is 10.7. The van der Waals surface area contributed by atoms with Crippen LogP contribution in [0.5, 0.6) is 0 Å². The lowest BCUT2D eigenvalue weighted by Crippen LogP contribution is -2.40. The Morgan fingerprint density at radius 2 is 1.95 bits per heavy atom. The Morgan fingerprint density at radius 1 is 1.27 bits per heavy atom. The molecule has 1 rings (SSSR count). The summed E-state index contributed by atoms with van der Waals surface area (Å²) in [5, 5.41) is 22.7. The van der Waals surface area contributed by atoms with Crippen molar-refractivity contribution in [3.05, 3.63) is 0 Å². The molecule has 124 valence electrons. The van der Waals surface area contributed by atoms with Crippen molar-refractivity contribution in [3.8, 4) is 0 Å². The normalized spacial score (nSPS) is 18.3. The third-order valence-electron chi connectivity index (χ3n) is 2.72. The van der Waals surface area contributed by atoms with Gasteiger partial charge in [-0.05, 0) is 6.26 Å². The van der Waals surface area contributed by atoms with Gasteiger partial charge in [-0.25, -0.2) is 0 Å². The summed E-state index contributed by atoms with van der Waals surface area (Å²) in [5.74, 6) is 0. The van der Waals surface area contributed by atoms with Gasteiger partial charge in [0.25, 0.3) is 0 Å². The van der Waals surface area contributed by atoms with E-state index < -0.39 is 0 Å². The lowest BCUT2D eigenvalue weighted by atomic mass is 10.4. The molecule has 0 aromatic rings. The number of hydrogen-bond acceptors (Lipinski definition) is 7. The molecule has 0 bridgehead atoms. The second-order valence-electron chi connectivity index (χ2n) is 4.19. The number of hydrogen-bond donors (Lipinski definition) is 3. The highest BCUT2D eigenvalue weighted by atomic mass is 32.2. The van der Waals surface area contributed by atoms with Gasteiger partial charge in [0.2, 0.25) is 0 Å². The van der Waals surface area contributed by atoms with Gasteiger partial charge in [-0.1, -0.05) is 11.8 Å². The first kappa shape index (κ1) is 18.9. The van der Waals surface area contributed by atoms with Crippen LogP contribution < -0.4 is 10.6 Å². The standard InChI is InChI=1S/C12H23N7OS2/c1-13-12(22-2)18-16-4-3-15-17-11(21)14-5-6-19-7-9-20-10-8-19/h3-4H,5-10H2,1-2H3,(H,13,18)(H2,14,17,21)/b15-3+,16-4+. The molecule has 1 saturated heterocycles. The molecule has 0 atom stereocenters. The van der Waals surface area contributed by atoms with Crippen LogP contribution in [0, 0.1) is 0 Å². The second kappa shape index (κ2) is 12.4.